The van der Waals surface area contributed by atoms with E-state index in [4.69, 9.17) is 0 Å². The molecule has 5 aromatic carbocycles. The Bertz CT molecular complexity index is 2250. The summed E-state index contributed by atoms with van der Waals surface area (Å²) in [5, 5.41) is 4.33. The minimum absolute atomic E-state index is 0.285. The molecule has 0 saturated heterocycles. The second-order valence-corrected chi connectivity index (χ2v) is 13.5. The average Bonchev–Trinajstić information content (AvgIpc) is 3.55. The predicted octanol–water partition coefficient (Wildman–Crippen LogP) is 9.48. The van der Waals surface area contributed by atoms with Crippen molar-refractivity contribution in [2.75, 3.05) is 0 Å². The third-order valence-corrected chi connectivity index (χ3v) is 10.9. The molecule has 8 rings (SSSR count). The first-order valence-electron chi connectivity index (χ1n) is 14.9. The molecule has 0 aliphatic heterocycles. The molecule has 1 aliphatic rings. The van der Waals surface area contributed by atoms with E-state index in [-0.39, 0.29) is 4.90 Å². The van der Waals surface area contributed by atoms with Gasteiger partial charge >= 0.3 is 0 Å². The zero-order chi connectivity index (χ0) is 28.4. The van der Waals surface area contributed by atoms with Crippen LogP contribution in [0.25, 0.3) is 49.3 Å². The molecule has 208 valence electrons. The minimum atomic E-state index is -3.85. The number of rotatable bonds is 4. The highest BCUT2D eigenvalue weighted by Crippen LogP contribution is 2.41. The van der Waals surface area contributed by atoms with E-state index >= 15 is 0 Å². The highest BCUT2D eigenvalue weighted by molar-refractivity contribution is 7.90. The van der Waals surface area contributed by atoms with E-state index in [1.165, 1.54) is 52.4 Å². The lowest BCUT2D eigenvalue weighted by Crippen LogP contribution is -2.12. The van der Waals surface area contributed by atoms with Gasteiger partial charge in [-0.2, -0.15) is 0 Å². The largest absolute Gasteiger partial charge is 0.309 e. The summed E-state index contributed by atoms with van der Waals surface area (Å²) in [4.78, 5) is 0.285. The maximum atomic E-state index is 14.2. The summed E-state index contributed by atoms with van der Waals surface area (Å²) in [6.07, 6.45) is 6.48. The van der Waals surface area contributed by atoms with Crippen LogP contribution in [-0.4, -0.2) is 17.0 Å². The Balaban J connectivity index is 1.43. The van der Waals surface area contributed by atoms with E-state index in [0.717, 1.165) is 33.1 Å². The monoisotopic (exact) mass is 568 g/mol. The van der Waals surface area contributed by atoms with Crippen LogP contribution in [0.3, 0.4) is 0 Å². The van der Waals surface area contributed by atoms with Crippen LogP contribution in [0, 0.1) is 6.92 Å². The average molecular weight is 569 g/mol. The summed E-state index contributed by atoms with van der Waals surface area (Å²) in [5.41, 5.74) is 7.07. The summed E-state index contributed by atoms with van der Waals surface area (Å²) in [5.74, 6) is 0.624. The Morgan fingerprint density at radius 1 is 0.619 bits per heavy atom. The van der Waals surface area contributed by atoms with Crippen molar-refractivity contribution in [1.29, 1.82) is 0 Å². The van der Waals surface area contributed by atoms with Gasteiger partial charge in [-0.05, 0) is 79.8 Å². The first-order chi connectivity index (χ1) is 20.5. The van der Waals surface area contributed by atoms with Crippen LogP contribution in [0.1, 0.15) is 49.1 Å². The van der Waals surface area contributed by atoms with Gasteiger partial charge in [-0.15, -0.1) is 0 Å². The van der Waals surface area contributed by atoms with Crippen molar-refractivity contribution in [3.63, 3.8) is 0 Å². The Morgan fingerprint density at radius 3 is 2.07 bits per heavy atom. The number of fused-ring (bicyclic) bond motifs is 6. The van der Waals surface area contributed by atoms with Gasteiger partial charge < -0.3 is 4.57 Å². The van der Waals surface area contributed by atoms with E-state index in [1.807, 2.05) is 55.5 Å². The summed E-state index contributed by atoms with van der Waals surface area (Å²) < 4.78 is 32.3. The zero-order valence-corrected chi connectivity index (χ0v) is 24.4. The molecule has 1 saturated carbocycles. The van der Waals surface area contributed by atoms with E-state index in [1.54, 1.807) is 12.1 Å². The smallest absolute Gasteiger partial charge is 0.268 e. The van der Waals surface area contributed by atoms with Crippen LogP contribution in [0.2, 0.25) is 0 Å². The third kappa shape index (κ3) is 3.76. The highest BCUT2D eigenvalue weighted by Gasteiger charge is 2.26. The van der Waals surface area contributed by atoms with Crippen molar-refractivity contribution in [2.45, 2.75) is 49.8 Å². The molecule has 0 spiro atoms. The molecular weight excluding hydrogens is 536 g/mol. The number of para-hydroxylation sites is 2. The molecule has 0 unspecified atom stereocenters. The van der Waals surface area contributed by atoms with Crippen LogP contribution < -0.4 is 0 Å². The van der Waals surface area contributed by atoms with Crippen LogP contribution >= 0.6 is 0 Å². The molecule has 5 heteroatoms. The summed E-state index contributed by atoms with van der Waals surface area (Å²) in [6.45, 7) is 1.97. The Morgan fingerprint density at radius 2 is 1.29 bits per heavy atom. The number of hydrogen-bond acceptors (Lipinski definition) is 2. The van der Waals surface area contributed by atoms with Crippen molar-refractivity contribution in [3.8, 4) is 5.69 Å². The lowest BCUT2D eigenvalue weighted by Gasteiger charge is -2.22. The Kier molecular flexibility index (Phi) is 5.80. The van der Waals surface area contributed by atoms with Crippen molar-refractivity contribution in [1.82, 2.24) is 8.54 Å². The van der Waals surface area contributed by atoms with E-state index in [9.17, 15) is 8.42 Å². The summed E-state index contributed by atoms with van der Waals surface area (Å²) in [7, 11) is -3.85. The van der Waals surface area contributed by atoms with Crippen molar-refractivity contribution in [3.05, 3.63) is 120 Å². The second-order valence-electron chi connectivity index (χ2n) is 11.7. The molecule has 0 N–H and O–H groups in total. The highest BCUT2D eigenvalue weighted by atomic mass is 32.2. The van der Waals surface area contributed by atoms with E-state index in [2.05, 4.69) is 53.1 Å². The van der Waals surface area contributed by atoms with Gasteiger partial charge in [-0.25, -0.2) is 12.4 Å². The maximum Gasteiger partial charge on any atom is 0.268 e. The van der Waals surface area contributed by atoms with Crippen LogP contribution in [0.5, 0.6) is 0 Å². The van der Waals surface area contributed by atoms with Gasteiger partial charge in [0, 0.05) is 21.5 Å². The summed E-state index contributed by atoms with van der Waals surface area (Å²) >= 11 is 0. The van der Waals surface area contributed by atoms with Crippen molar-refractivity contribution >= 4 is 53.6 Å². The molecule has 1 fully saturated rings. The van der Waals surface area contributed by atoms with Crippen LogP contribution in [0.15, 0.2) is 114 Å². The SMILES string of the molecule is Cc1ccc(S(=O)(=O)n2c3ccccc3c3c(-n4c5ccccc5c5cc(C6CCCCC6)ccc54)cccc32)cc1. The molecule has 2 heterocycles. The first kappa shape index (κ1) is 25.4. The van der Waals surface area contributed by atoms with Gasteiger partial charge in [0.2, 0.25) is 0 Å². The van der Waals surface area contributed by atoms with E-state index in [0.29, 0.717) is 17.0 Å². The topological polar surface area (TPSA) is 44.0 Å². The normalized spacial score (nSPS) is 14.9. The van der Waals surface area contributed by atoms with Gasteiger partial charge in [0.25, 0.3) is 10.0 Å². The van der Waals surface area contributed by atoms with Crippen LogP contribution in [-0.2, 0) is 10.0 Å². The number of aryl methyl sites for hydroxylation is 1. The molecule has 0 atom stereocenters. The van der Waals surface area contributed by atoms with Gasteiger partial charge in [0.1, 0.15) is 0 Å². The van der Waals surface area contributed by atoms with Crippen molar-refractivity contribution < 1.29 is 8.42 Å². The fraction of sp³-hybridized carbons (Fsp3) is 0.189. The summed E-state index contributed by atoms with van der Waals surface area (Å²) in [6, 6.07) is 36.6. The standard InChI is InChI=1S/C37H32N2O2S/c1-25-18-21-28(22-19-25)42(40,41)39-34-15-8-6-13-30(34)37-35(16-9-17-36(37)39)38-32-14-7-5-12-29(32)31-24-27(20-23-33(31)38)26-10-3-2-4-11-26/h5-9,12-24,26H,2-4,10-11H2,1H3. The lowest BCUT2D eigenvalue weighted by atomic mass is 9.84. The Labute approximate surface area is 245 Å². The molecule has 42 heavy (non-hydrogen) atoms. The zero-order valence-electron chi connectivity index (χ0n) is 23.6. The molecule has 1 aliphatic carbocycles. The van der Waals surface area contributed by atoms with Gasteiger partial charge in [0.05, 0.1) is 32.6 Å². The van der Waals surface area contributed by atoms with Gasteiger partial charge in [-0.1, -0.05) is 85.5 Å². The minimum Gasteiger partial charge on any atom is -0.309 e. The molecular formula is C37H32N2O2S. The first-order valence-corrected chi connectivity index (χ1v) is 16.3. The molecule has 0 radical (unpaired) electrons. The fourth-order valence-corrected chi connectivity index (χ4v) is 8.69. The number of benzene rings is 5. The van der Waals surface area contributed by atoms with E-state index < -0.39 is 10.0 Å². The predicted molar refractivity (Wildman–Crippen MR) is 173 cm³/mol. The number of aromatic nitrogens is 2. The maximum absolute atomic E-state index is 14.2. The van der Waals surface area contributed by atoms with Crippen LogP contribution in [0.4, 0.5) is 0 Å². The molecule has 2 aromatic heterocycles. The van der Waals surface area contributed by atoms with Crippen molar-refractivity contribution in [2.24, 2.45) is 0 Å². The molecule has 0 amide bonds. The molecule has 7 aromatic rings. The van der Waals surface area contributed by atoms with Gasteiger partial charge in [-0.3, -0.25) is 0 Å². The lowest BCUT2D eigenvalue weighted by molar-refractivity contribution is 0.444. The molecule has 4 nitrogen and oxygen atoms in total. The third-order valence-electron chi connectivity index (χ3n) is 9.20. The number of hydrogen-bond donors (Lipinski definition) is 0. The second kappa shape index (κ2) is 9.60. The quantitative estimate of drug-likeness (QED) is 0.212. The van der Waals surface area contributed by atoms with Gasteiger partial charge in [0.15, 0.2) is 0 Å². The fourth-order valence-electron chi connectivity index (χ4n) is 7.17. The number of nitrogens with zero attached hydrogens (tertiary/aromatic N) is 2. The molecule has 0 bridgehead atoms. The Hall–Kier alpha value is -4.35.